The lowest BCUT2D eigenvalue weighted by atomic mass is 9.81. The first-order chi connectivity index (χ1) is 13.0. The van der Waals surface area contributed by atoms with Gasteiger partial charge in [0, 0.05) is 17.2 Å². The number of aliphatic hydroxyl groups is 2. The lowest BCUT2D eigenvalue weighted by Crippen LogP contribution is -2.28. The zero-order chi connectivity index (χ0) is 21.3. The SMILES string of the molecule is CC(C)=CCC(C)(C)[C@H](O)C=C[C@@H]1[C@@H](CC=CCCCC(=O)O)[C@H](Br)C[C@H]1O. The van der Waals surface area contributed by atoms with Crippen LogP contribution in [0.15, 0.2) is 36.0 Å². The highest BCUT2D eigenvalue weighted by molar-refractivity contribution is 9.09. The third-order valence-corrected chi connectivity index (χ3v) is 6.61. The van der Waals surface area contributed by atoms with Crippen molar-refractivity contribution in [2.24, 2.45) is 17.3 Å². The first-order valence-corrected chi connectivity index (χ1v) is 11.1. The lowest BCUT2D eigenvalue weighted by molar-refractivity contribution is -0.137. The van der Waals surface area contributed by atoms with E-state index in [2.05, 4.69) is 55.8 Å². The van der Waals surface area contributed by atoms with E-state index in [0.717, 1.165) is 19.3 Å². The maximum absolute atomic E-state index is 10.6. The Bertz CT molecular complexity index is 575. The van der Waals surface area contributed by atoms with Crippen molar-refractivity contribution in [1.82, 2.24) is 0 Å². The van der Waals surface area contributed by atoms with Crippen LogP contribution in [-0.2, 0) is 4.79 Å². The van der Waals surface area contributed by atoms with Crippen LogP contribution < -0.4 is 0 Å². The highest BCUT2D eigenvalue weighted by atomic mass is 79.9. The Morgan fingerprint density at radius 1 is 1.29 bits per heavy atom. The zero-order valence-electron chi connectivity index (χ0n) is 17.6. The second-order valence-electron chi connectivity index (χ2n) is 8.86. The van der Waals surface area contributed by atoms with Gasteiger partial charge in [-0.15, -0.1) is 0 Å². The van der Waals surface area contributed by atoms with Crippen LogP contribution in [0.2, 0.25) is 0 Å². The molecule has 1 aliphatic rings. The summed E-state index contributed by atoms with van der Waals surface area (Å²) >= 11 is 3.70. The van der Waals surface area contributed by atoms with Crippen molar-refractivity contribution >= 4 is 21.9 Å². The van der Waals surface area contributed by atoms with Crippen LogP contribution in [0.25, 0.3) is 0 Å². The quantitative estimate of drug-likeness (QED) is 0.225. The molecule has 1 fully saturated rings. The number of aliphatic carboxylic acids is 1. The number of hydrogen-bond donors (Lipinski definition) is 3. The van der Waals surface area contributed by atoms with E-state index in [1.807, 2.05) is 18.2 Å². The lowest BCUT2D eigenvalue weighted by Gasteiger charge is -2.28. The minimum Gasteiger partial charge on any atom is -0.481 e. The van der Waals surface area contributed by atoms with Crippen molar-refractivity contribution in [3.63, 3.8) is 0 Å². The molecule has 5 heteroatoms. The van der Waals surface area contributed by atoms with Crippen LogP contribution in [0.4, 0.5) is 0 Å². The minimum atomic E-state index is -0.760. The summed E-state index contributed by atoms with van der Waals surface area (Å²) in [4.78, 5) is 10.8. The molecule has 0 aliphatic heterocycles. The van der Waals surface area contributed by atoms with Crippen LogP contribution in [-0.4, -0.2) is 38.3 Å². The Hall–Kier alpha value is -0.910. The molecule has 160 valence electrons. The first kappa shape index (κ1) is 25.1. The summed E-state index contributed by atoms with van der Waals surface area (Å²) in [5, 5.41) is 29.8. The van der Waals surface area contributed by atoms with Gasteiger partial charge in [0.1, 0.15) is 0 Å². The molecule has 0 unspecified atom stereocenters. The van der Waals surface area contributed by atoms with Gasteiger partial charge in [-0.3, -0.25) is 4.79 Å². The predicted octanol–water partition coefficient (Wildman–Crippen LogP) is 5.25. The van der Waals surface area contributed by atoms with E-state index in [1.54, 1.807) is 0 Å². The van der Waals surface area contributed by atoms with Crippen LogP contribution in [0.5, 0.6) is 0 Å². The van der Waals surface area contributed by atoms with Crippen molar-refractivity contribution in [3.05, 3.63) is 36.0 Å². The fourth-order valence-corrected chi connectivity index (χ4v) is 4.44. The van der Waals surface area contributed by atoms with E-state index in [-0.39, 0.29) is 28.5 Å². The third kappa shape index (κ3) is 8.62. The molecule has 3 N–H and O–H groups in total. The van der Waals surface area contributed by atoms with Crippen molar-refractivity contribution in [2.45, 2.75) is 83.3 Å². The van der Waals surface area contributed by atoms with E-state index in [9.17, 15) is 15.0 Å². The average molecular weight is 457 g/mol. The number of halogens is 1. The van der Waals surface area contributed by atoms with E-state index in [0.29, 0.717) is 12.8 Å². The number of allylic oxidation sites excluding steroid dienone is 4. The minimum absolute atomic E-state index is 0.00180. The van der Waals surface area contributed by atoms with Crippen LogP contribution >= 0.6 is 15.9 Å². The molecule has 28 heavy (non-hydrogen) atoms. The van der Waals surface area contributed by atoms with Crippen molar-refractivity contribution in [1.29, 1.82) is 0 Å². The highest BCUT2D eigenvalue weighted by Crippen LogP contribution is 2.41. The monoisotopic (exact) mass is 456 g/mol. The molecular weight excluding hydrogens is 420 g/mol. The summed E-state index contributed by atoms with van der Waals surface area (Å²) in [6.45, 7) is 8.22. The van der Waals surface area contributed by atoms with Gasteiger partial charge in [-0.2, -0.15) is 0 Å². The zero-order valence-corrected chi connectivity index (χ0v) is 19.2. The number of alkyl halides is 1. The predicted molar refractivity (Wildman–Crippen MR) is 119 cm³/mol. The molecule has 0 saturated heterocycles. The van der Waals surface area contributed by atoms with Crippen molar-refractivity contribution in [3.8, 4) is 0 Å². The van der Waals surface area contributed by atoms with E-state index >= 15 is 0 Å². The summed E-state index contributed by atoms with van der Waals surface area (Å²) in [6, 6.07) is 0. The van der Waals surface area contributed by atoms with Crippen molar-refractivity contribution in [2.75, 3.05) is 0 Å². The standard InChI is InChI=1S/C23H37BrO4/c1-16(2)13-14-23(3,4)21(26)12-11-18-17(19(24)15-20(18)25)9-7-5-6-8-10-22(27)28/h5,7,11-13,17-21,25-26H,6,8-10,14-15H2,1-4H3,(H,27,28)/t17-,18-,19-,20-,21-/m1/s1. The molecule has 0 heterocycles. The average Bonchev–Trinajstić information content (AvgIpc) is 2.86. The molecule has 0 amide bonds. The number of carboxylic acid groups (broad SMARTS) is 1. The molecule has 1 rings (SSSR count). The third-order valence-electron chi connectivity index (χ3n) is 5.56. The van der Waals surface area contributed by atoms with Crippen LogP contribution in [0.1, 0.15) is 66.2 Å². The molecule has 0 aromatic carbocycles. The van der Waals surface area contributed by atoms with Gasteiger partial charge >= 0.3 is 5.97 Å². The van der Waals surface area contributed by atoms with Crippen LogP contribution in [0.3, 0.4) is 0 Å². The Balaban J connectivity index is 2.67. The largest absolute Gasteiger partial charge is 0.481 e. The molecular formula is C23H37BrO4. The Morgan fingerprint density at radius 3 is 2.57 bits per heavy atom. The van der Waals surface area contributed by atoms with Gasteiger partial charge < -0.3 is 15.3 Å². The molecule has 0 aromatic heterocycles. The van der Waals surface area contributed by atoms with Gasteiger partial charge in [0.05, 0.1) is 12.2 Å². The molecule has 0 radical (unpaired) electrons. The Morgan fingerprint density at radius 2 is 1.96 bits per heavy atom. The molecule has 1 aliphatic carbocycles. The summed E-state index contributed by atoms with van der Waals surface area (Å²) in [7, 11) is 0. The number of carbonyl (C=O) groups is 1. The van der Waals surface area contributed by atoms with Gasteiger partial charge in [0.15, 0.2) is 0 Å². The van der Waals surface area contributed by atoms with E-state index in [4.69, 9.17) is 5.11 Å². The molecule has 1 saturated carbocycles. The first-order valence-electron chi connectivity index (χ1n) is 10.2. The van der Waals surface area contributed by atoms with Gasteiger partial charge in [0.25, 0.3) is 0 Å². The van der Waals surface area contributed by atoms with Gasteiger partial charge in [0.2, 0.25) is 0 Å². The number of unbranched alkanes of at least 4 members (excludes halogenated alkanes) is 1. The fourth-order valence-electron chi connectivity index (χ4n) is 3.49. The van der Waals surface area contributed by atoms with Gasteiger partial charge in [-0.1, -0.05) is 65.7 Å². The maximum Gasteiger partial charge on any atom is 0.303 e. The molecule has 5 atom stereocenters. The molecule has 0 aromatic rings. The highest BCUT2D eigenvalue weighted by Gasteiger charge is 2.39. The number of aliphatic hydroxyl groups excluding tert-OH is 2. The summed E-state index contributed by atoms with van der Waals surface area (Å²) in [5.74, 6) is -0.499. The second kappa shape index (κ2) is 11.9. The number of carboxylic acids is 1. The summed E-state index contributed by atoms with van der Waals surface area (Å²) < 4.78 is 0. The fraction of sp³-hybridized carbons (Fsp3) is 0.696. The van der Waals surface area contributed by atoms with Crippen molar-refractivity contribution < 1.29 is 20.1 Å². The Labute approximate surface area is 178 Å². The van der Waals surface area contributed by atoms with Crippen LogP contribution in [0, 0.1) is 17.3 Å². The number of hydrogen-bond acceptors (Lipinski definition) is 3. The van der Waals surface area contributed by atoms with Gasteiger partial charge in [-0.25, -0.2) is 0 Å². The smallest absolute Gasteiger partial charge is 0.303 e. The maximum atomic E-state index is 10.6. The molecule has 0 spiro atoms. The Kier molecular flexibility index (Phi) is 10.7. The van der Waals surface area contributed by atoms with E-state index < -0.39 is 18.2 Å². The topological polar surface area (TPSA) is 77.8 Å². The molecule has 4 nitrogen and oxygen atoms in total. The molecule has 0 bridgehead atoms. The summed E-state index contributed by atoms with van der Waals surface area (Å²) in [6.07, 6.45) is 13.0. The van der Waals surface area contributed by atoms with E-state index in [1.165, 1.54) is 5.57 Å². The van der Waals surface area contributed by atoms with Gasteiger partial charge in [-0.05, 0) is 57.3 Å². The summed E-state index contributed by atoms with van der Waals surface area (Å²) in [5.41, 5.74) is 0.984. The number of rotatable bonds is 11. The second-order valence-corrected chi connectivity index (χ2v) is 10.0. The normalized spacial score (nSPS) is 26.8.